The predicted molar refractivity (Wildman–Crippen MR) is 58.6 cm³/mol. The molecule has 0 aliphatic rings. The van der Waals surface area contributed by atoms with Crippen molar-refractivity contribution in [3.05, 3.63) is 29.3 Å². The molecule has 76 valence electrons. The van der Waals surface area contributed by atoms with E-state index in [1.807, 2.05) is 24.3 Å². The van der Waals surface area contributed by atoms with E-state index in [1.165, 1.54) is 18.3 Å². The summed E-state index contributed by atoms with van der Waals surface area (Å²) in [6.45, 7) is 1.35. The maximum atomic E-state index is 11.1. The number of benzene rings is 1. The Balaban J connectivity index is 2.58. The van der Waals surface area contributed by atoms with Crippen molar-refractivity contribution in [2.75, 3.05) is 0 Å². The Hall–Kier alpha value is -1.75. The second kappa shape index (κ2) is 3.78. The SMILES string of the molecule is CC(=O)C(=NO)c1nc2ccccc2s1. The van der Waals surface area contributed by atoms with Crippen LogP contribution in [-0.2, 0) is 4.79 Å². The van der Waals surface area contributed by atoms with Crippen LogP contribution in [0, 0.1) is 0 Å². The average molecular weight is 220 g/mol. The van der Waals surface area contributed by atoms with Crippen molar-refractivity contribution in [2.45, 2.75) is 6.92 Å². The van der Waals surface area contributed by atoms with Gasteiger partial charge in [-0.25, -0.2) is 4.98 Å². The number of Topliss-reactive ketones (excluding diaryl/α,β-unsaturated/α-hetero) is 1. The van der Waals surface area contributed by atoms with Crippen LogP contribution in [0.1, 0.15) is 11.9 Å². The lowest BCUT2D eigenvalue weighted by atomic mass is 10.3. The van der Waals surface area contributed by atoms with E-state index in [9.17, 15) is 4.79 Å². The first kappa shape index (κ1) is 9.79. The van der Waals surface area contributed by atoms with Gasteiger partial charge >= 0.3 is 0 Å². The van der Waals surface area contributed by atoms with Gasteiger partial charge in [0.25, 0.3) is 0 Å². The van der Waals surface area contributed by atoms with Crippen LogP contribution in [0.5, 0.6) is 0 Å². The molecule has 1 aromatic heterocycles. The zero-order valence-corrected chi connectivity index (χ0v) is 8.78. The molecule has 1 aromatic carbocycles. The topological polar surface area (TPSA) is 62.5 Å². The molecule has 0 amide bonds. The number of aromatic nitrogens is 1. The van der Waals surface area contributed by atoms with Crippen molar-refractivity contribution in [1.29, 1.82) is 0 Å². The Morgan fingerprint density at radius 3 is 2.80 bits per heavy atom. The summed E-state index contributed by atoms with van der Waals surface area (Å²) in [5.41, 5.74) is 0.816. The fraction of sp³-hybridized carbons (Fsp3) is 0.100. The van der Waals surface area contributed by atoms with Crippen molar-refractivity contribution in [3.63, 3.8) is 0 Å². The molecule has 0 unspecified atom stereocenters. The van der Waals surface area contributed by atoms with E-state index in [2.05, 4.69) is 10.1 Å². The normalized spacial score (nSPS) is 11.9. The van der Waals surface area contributed by atoms with Gasteiger partial charge < -0.3 is 5.21 Å². The Labute approximate surface area is 89.9 Å². The number of ketones is 1. The second-order valence-electron chi connectivity index (χ2n) is 2.99. The van der Waals surface area contributed by atoms with Gasteiger partial charge in [0, 0.05) is 6.92 Å². The highest BCUT2D eigenvalue weighted by atomic mass is 32.1. The molecule has 1 heterocycles. The van der Waals surface area contributed by atoms with Crippen molar-refractivity contribution in [1.82, 2.24) is 4.98 Å². The van der Waals surface area contributed by atoms with Gasteiger partial charge in [0.15, 0.2) is 11.5 Å². The summed E-state index contributed by atoms with van der Waals surface area (Å²) >= 11 is 1.34. The molecule has 0 bridgehead atoms. The van der Waals surface area contributed by atoms with Gasteiger partial charge in [-0.15, -0.1) is 11.3 Å². The summed E-state index contributed by atoms with van der Waals surface area (Å²) in [6.07, 6.45) is 0. The van der Waals surface area contributed by atoms with Crippen LogP contribution >= 0.6 is 11.3 Å². The molecule has 0 aliphatic heterocycles. The van der Waals surface area contributed by atoms with E-state index in [0.717, 1.165) is 10.2 Å². The highest BCUT2D eigenvalue weighted by Crippen LogP contribution is 2.22. The molecule has 1 N–H and O–H groups in total. The summed E-state index contributed by atoms with van der Waals surface area (Å²) < 4.78 is 0.968. The van der Waals surface area contributed by atoms with Gasteiger partial charge in [0.05, 0.1) is 10.2 Å². The summed E-state index contributed by atoms with van der Waals surface area (Å²) in [5, 5.41) is 12.1. The quantitative estimate of drug-likeness (QED) is 0.478. The van der Waals surface area contributed by atoms with Crippen LogP contribution in [0.25, 0.3) is 10.2 Å². The Morgan fingerprint density at radius 1 is 1.47 bits per heavy atom. The van der Waals surface area contributed by atoms with Gasteiger partial charge in [-0.05, 0) is 12.1 Å². The van der Waals surface area contributed by atoms with Gasteiger partial charge in [0.2, 0.25) is 0 Å². The minimum Gasteiger partial charge on any atom is -0.410 e. The number of para-hydroxylation sites is 1. The Kier molecular flexibility index (Phi) is 2.47. The summed E-state index contributed by atoms with van der Waals surface area (Å²) in [7, 11) is 0. The standard InChI is InChI=1S/C10H8N2O2S/c1-6(13)9(12-14)10-11-7-4-2-3-5-8(7)15-10/h2-5,14H,1H3. The third kappa shape index (κ3) is 1.73. The van der Waals surface area contributed by atoms with Gasteiger partial charge in [-0.1, -0.05) is 17.3 Å². The van der Waals surface area contributed by atoms with Crippen molar-refractivity contribution in [3.8, 4) is 0 Å². The van der Waals surface area contributed by atoms with Crippen LogP contribution in [0.4, 0.5) is 0 Å². The van der Waals surface area contributed by atoms with Crippen LogP contribution in [-0.4, -0.2) is 21.7 Å². The predicted octanol–water partition coefficient (Wildman–Crippen LogP) is 2.06. The third-order valence-corrected chi connectivity index (χ3v) is 2.97. The molecular formula is C10H8N2O2S. The maximum Gasteiger partial charge on any atom is 0.184 e. The zero-order chi connectivity index (χ0) is 10.8. The van der Waals surface area contributed by atoms with Gasteiger partial charge in [-0.3, -0.25) is 4.79 Å². The molecule has 5 heteroatoms. The van der Waals surface area contributed by atoms with E-state index in [4.69, 9.17) is 5.21 Å². The lowest BCUT2D eigenvalue weighted by Crippen LogP contribution is -2.10. The molecule has 15 heavy (non-hydrogen) atoms. The third-order valence-electron chi connectivity index (χ3n) is 1.93. The smallest absolute Gasteiger partial charge is 0.184 e. The average Bonchev–Trinajstić information content (AvgIpc) is 2.61. The van der Waals surface area contributed by atoms with Gasteiger partial charge in [0.1, 0.15) is 5.01 Å². The molecule has 0 atom stereocenters. The lowest BCUT2D eigenvalue weighted by Gasteiger charge is -1.91. The van der Waals surface area contributed by atoms with E-state index < -0.39 is 0 Å². The van der Waals surface area contributed by atoms with Crippen LogP contribution in [0.3, 0.4) is 0 Å². The molecule has 0 saturated carbocycles. The lowest BCUT2D eigenvalue weighted by molar-refractivity contribution is -0.111. The number of oxime groups is 1. The summed E-state index contributed by atoms with van der Waals surface area (Å²) in [6, 6.07) is 7.53. The second-order valence-corrected chi connectivity index (χ2v) is 4.02. The van der Waals surface area contributed by atoms with E-state index in [1.54, 1.807) is 0 Å². The number of nitrogens with zero attached hydrogens (tertiary/aromatic N) is 2. The molecule has 0 radical (unpaired) electrons. The number of rotatable bonds is 2. The first-order valence-electron chi connectivity index (χ1n) is 4.31. The molecule has 2 aromatic rings. The molecule has 0 spiro atoms. The van der Waals surface area contributed by atoms with Crippen molar-refractivity contribution >= 4 is 33.0 Å². The summed E-state index contributed by atoms with van der Waals surface area (Å²) in [5.74, 6) is -0.295. The first-order valence-corrected chi connectivity index (χ1v) is 5.13. The van der Waals surface area contributed by atoms with E-state index in [-0.39, 0.29) is 11.5 Å². The minimum absolute atomic E-state index is 0.0104. The molecule has 4 nitrogen and oxygen atoms in total. The molecule has 0 fully saturated rings. The fourth-order valence-electron chi connectivity index (χ4n) is 1.24. The van der Waals surface area contributed by atoms with Gasteiger partial charge in [-0.2, -0.15) is 0 Å². The highest BCUT2D eigenvalue weighted by Gasteiger charge is 2.14. The number of hydrogen-bond acceptors (Lipinski definition) is 5. The number of carbonyl (C=O) groups excluding carboxylic acids is 1. The number of fused-ring (bicyclic) bond motifs is 1. The first-order chi connectivity index (χ1) is 7.22. The summed E-state index contributed by atoms with van der Waals surface area (Å²) in [4.78, 5) is 15.3. The number of hydrogen-bond donors (Lipinski definition) is 1. The Morgan fingerprint density at radius 2 is 2.20 bits per heavy atom. The molecule has 2 rings (SSSR count). The molecule has 0 saturated heterocycles. The highest BCUT2D eigenvalue weighted by molar-refractivity contribution is 7.21. The zero-order valence-electron chi connectivity index (χ0n) is 7.97. The monoisotopic (exact) mass is 220 g/mol. The van der Waals surface area contributed by atoms with Crippen LogP contribution < -0.4 is 0 Å². The van der Waals surface area contributed by atoms with Crippen LogP contribution in [0.15, 0.2) is 29.4 Å². The molecule has 0 aliphatic carbocycles. The largest absolute Gasteiger partial charge is 0.410 e. The fourth-order valence-corrected chi connectivity index (χ4v) is 2.24. The van der Waals surface area contributed by atoms with E-state index in [0.29, 0.717) is 5.01 Å². The number of carbonyl (C=O) groups is 1. The minimum atomic E-state index is -0.295. The Bertz CT molecular complexity index is 512. The van der Waals surface area contributed by atoms with Crippen molar-refractivity contribution < 1.29 is 10.0 Å². The van der Waals surface area contributed by atoms with E-state index >= 15 is 0 Å². The van der Waals surface area contributed by atoms with Crippen molar-refractivity contribution in [2.24, 2.45) is 5.16 Å². The number of thiazole rings is 1. The maximum absolute atomic E-state index is 11.1. The van der Waals surface area contributed by atoms with Crippen LogP contribution in [0.2, 0.25) is 0 Å². The molecular weight excluding hydrogens is 212 g/mol.